The Morgan fingerprint density at radius 3 is 2.21 bits per heavy atom. The minimum absolute atomic E-state index is 0.0288. The molecule has 0 aromatic heterocycles. The molecular weight excluding hydrogens is 418 g/mol. The number of hydrogen-bond acceptors (Lipinski definition) is 6. The summed E-state index contributed by atoms with van der Waals surface area (Å²) in [4.78, 5) is 31.1. The van der Waals surface area contributed by atoms with Gasteiger partial charge in [0.2, 0.25) is 0 Å². The second kappa shape index (κ2) is 9.61. The summed E-state index contributed by atoms with van der Waals surface area (Å²) in [6, 6.07) is 15.4. The molecule has 1 aliphatic carbocycles. The molecule has 0 bridgehead atoms. The van der Waals surface area contributed by atoms with Gasteiger partial charge >= 0.3 is 5.97 Å². The molecule has 1 aliphatic heterocycles. The van der Waals surface area contributed by atoms with Crippen molar-refractivity contribution < 1.29 is 23.8 Å². The minimum Gasteiger partial charge on any atom is -0.497 e. The summed E-state index contributed by atoms with van der Waals surface area (Å²) in [7, 11) is 3.01. The number of esters is 1. The van der Waals surface area contributed by atoms with E-state index in [-0.39, 0.29) is 17.7 Å². The van der Waals surface area contributed by atoms with Gasteiger partial charge in [-0.3, -0.25) is 14.6 Å². The molecule has 0 saturated heterocycles. The lowest BCUT2D eigenvalue weighted by atomic mass is 9.69. The lowest BCUT2D eigenvalue weighted by Gasteiger charge is -2.36. The number of aliphatic imine (C=N–C) groups is 1. The number of carbonyl (C=O) groups is 2. The Hall–Kier alpha value is -3.41. The number of allylic oxidation sites excluding steroid dienone is 2. The smallest absolute Gasteiger partial charge is 0.315 e. The van der Waals surface area contributed by atoms with Crippen molar-refractivity contribution in [3.8, 4) is 11.5 Å². The van der Waals surface area contributed by atoms with Gasteiger partial charge in [0.25, 0.3) is 0 Å². The third kappa shape index (κ3) is 4.42. The average molecular weight is 448 g/mol. The van der Waals surface area contributed by atoms with E-state index in [1.807, 2.05) is 62.4 Å². The van der Waals surface area contributed by atoms with Gasteiger partial charge in [0, 0.05) is 29.3 Å². The van der Waals surface area contributed by atoms with E-state index >= 15 is 0 Å². The second-order valence-electron chi connectivity index (χ2n) is 8.40. The van der Waals surface area contributed by atoms with E-state index in [2.05, 4.69) is 0 Å². The summed E-state index contributed by atoms with van der Waals surface area (Å²) < 4.78 is 15.9. The Labute approximate surface area is 194 Å². The standard InChI is InChI=1S/C27H29NO5/c1-5-33-21-12-8-18(9-13-21)25-24(27(30)32-4)16(2)28-22-14-19(15-23(29)26(22)25)17-6-10-20(31-3)11-7-17/h6-13,19,24-25H,5,14-15H2,1-4H3. The molecule has 2 aromatic carbocycles. The first-order chi connectivity index (χ1) is 16.0. The van der Waals surface area contributed by atoms with Gasteiger partial charge in [-0.15, -0.1) is 0 Å². The molecular formula is C27H29NO5. The molecule has 3 unspecified atom stereocenters. The Morgan fingerprint density at radius 2 is 1.61 bits per heavy atom. The third-order valence-electron chi connectivity index (χ3n) is 6.48. The molecule has 2 aliphatic rings. The molecule has 0 radical (unpaired) electrons. The molecule has 6 nitrogen and oxygen atoms in total. The first-order valence-corrected chi connectivity index (χ1v) is 11.2. The number of Topliss-reactive ketones (excluding diaryl/α,β-unsaturated/α-hetero) is 1. The lowest BCUT2D eigenvalue weighted by molar-refractivity contribution is -0.143. The highest BCUT2D eigenvalue weighted by molar-refractivity contribution is 6.09. The van der Waals surface area contributed by atoms with Gasteiger partial charge in [-0.05, 0) is 61.6 Å². The van der Waals surface area contributed by atoms with E-state index in [0.717, 1.165) is 28.3 Å². The molecule has 0 saturated carbocycles. The van der Waals surface area contributed by atoms with Gasteiger partial charge in [0.15, 0.2) is 5.78 Å². The number of carbonyl (C=O) groups excluding carboxylic acids is 2. The van der Waals surface area contributed by atoms with Gasteiger partial charge in [-0.1, -0.05) is 24.3 Å². The van der Waals surface area contributed by atoms with Crippen LogP contribution in [-0.2, 0) is 14.3 Å². The number of nitrogens with zero attached hydrogens (tertiary/aromatic N) is 1. The molecule has 2 aromatic rings. The number of hydrogen-bond donors (Lipinski definition) is 0. The maximum Gasteiger partial charge on any atom is 0.315 e. The van der Waals surface area contributed by atoms with Gasteiger partial charge in [-0.25, -0.2) is 0 Å². The van der Waals surface area contributed by atoms with Crippen LogP contribution in [0.4, 0.5) is 0 Å². The second-order valence-corrected chi connectivity index (χ2v) is 8.40. The predicted octanol–water partition coefficient (Wildman–Crippen LogP) is 4.84. The van der Waals surface area contributed by atoms with Crippen molar-refractivity contribution in [3.05, 3.63) is 70.9 Å². The third-order valence-corrected chi connectivity index (χ3v) is 6.48. The van der Waals surface area contributed by atoms with Gasteiger partial charge < -0.3 is 14.2 Å². The summed E-state index contributed by atoms with van der Waals surface area (Å²) >= 11 is 0. The molecule has 33 heavy (non-hydrogen) atoms. The number of ketones is 1. The average Bonchev–Trinajstić information content (AvgIpc) is 2.83. The number of ether oxygens (including phenoxy) is 3. The van der Waals surface area contributed by atoms with E-state index in [1.54, 1.807) is 7.11 Å². The largest absolute Gasteiger partial charge is 0.497 e. The highest BCUT2D eigenvalue weighted by atomic mass is 16.5. The monoisotopic (exact) mass is 447 g/mol. The molecule has 0 spiro atoms. The van der Waals surface area contributed by atoms with Crippen LogP contribution in [0.2, 0.25) is 0 Å². The van der Waals surface area contributed by atoms with Crippen LogP contribution in [0.1, 0.15) is 49.7 Å². The Bertz CT molecular complexity index is 1100. The zero-order chi connectivity index (χ0) is 23.5. The fraction of sp³-hybridized carbons (Fsp3) is 0.370. The minimum atomic E-state index is -0.631. The Kier molecular flexibility index (Phi) is 6.63. The van der Waals surface area contributed by atoms with Crippen LogP contribution in [0.5, 0.6) is 11.5 Å². The fourth-order valence-corrected chi connectivity index (χ4v) is 4.90. The molecule has 0 N–H and O–H groups in total. The van der Waals surface area contributed by atoms with E-state index < -0.39 is 11.8 Å². The summed E-state index contributed by atoms with van der Waals surface area (Å²) in [5.74, 6) is 0.157. The summed E-state index contributed by atoms with van der Waals surface area (Å²) in [5, 5.41) is 0. The molecule has 1 heterocycles. The normalized spacial score (nSPS) is 22.4. The zero-order valence-electron chi connectivity index (χ0n) is 19.5. The first kappa shape index (κ1) is 22.8. The van der Waals surface area contributed by atoms with Crippen molar-refractivity contribution in [2.24, 2.45) is 10.9 Å². The maximum atomic E-state index is 13.5. The van der Waals surface area contributed by atoms with E-state index in [4.69, 9.17) is 19.2 Å². The van der Waals surface area contributed by atoms with Crippen LogP contribution in [0.25, 0.3) is 0 Å². The first-order valence-electron chi connectivity index (χ1n) is 11.2. The Balaban J connectivity index is 1.74. The zero-order valence-corrected chi connectivity index (χ0v) is 19.5. The summed E-state index contributed by atoms with van der Waals surface area (Å²) in [5.41, 5.74) is 4.03. The number of methoxy groups -OCH3 is 2. The van der Waals surface area contributed by atoms with Gasteiger partial charge in [-0.2, -0.15) is 0 Å². The molecule has 3 atom stereocenters. The van der Waals surface area contributed by atoms with Crippen molar-refractivity contribution in [2.45, 2.75) is 38.5 Å². The van der Waals surface area contributed by atoms with Crippen molar-refractivity contribution in [3.63, 3.8) is 0 Å². The number of rotatable bonds is 6. The summed E-state index contributed by atoms with van der Waals surface area (Å²) in [6.45, 7) is 4.34. The van der Waals surface area contributed by atoms with Crippen LogP contribution in [0, 0.1) is 5.92 Å². The van der Waals surface area contributed by atoms with E-state index in [9.17, 15) is 9.59 Å². The SMILES string of the molecule is CCOc1ccc(C2C3=C(CC(c4ccc(OC)cc4)CC3=O)N=C(C)C2C(=O)OC)cc1. The van der Waals surface area contributed by atoms with E-state index in [0.29, 0.717) is 30.7 Å². The van der Waals surface area contributed by atoms with Crippen LogP contribution < -0.4 is 9.47 Å². The highest BCUT2D eigenvalue weighted by Crippen LogP contribution is 2.47. The molecule has 0 fully saturated rings. The van der Waals surface area contributed by atoms with Crippen LogP contribution in [-0.4, -0.2) is 38.3 Å². The van der Waals surface area contributed by atoms with Crippen molar-refractivity contribution in [1.29, 1.82) is 0 Å². The maximum absolute atomic E-state index is 13.5. The van der Waals surface area contributed by atoms with Crippen LogP contribution in [0.15, 0.2) is 64.8 Å². The topological polar surface area (TPSA) is 74.2 Å². The fourth-order valence-electron chi connectivity index (χ4n) is 4.90. The van der Waals surface area contributed by atoms with Crippen molar-refractivity contribution in [2.75, 3.05) is 20.8 Å². The summed E-state index contributed by atoms with van der Waals surface area (Å²) in [6.07, 6.45) is 1.02. The quantitative estimate of drug-likeness (QED) is 0.593. The van der Waals surface area contributed by atoms with Gasteiger partial charge in [0.05, 0.1) is 20.8 Å². The molecule has 4 rings (SSSR count). The Morgan fingerprint density at radius 1 is 0.970 bits per heavy atom. The lowest BCUT2D eigenvalue weighted by Crippen LogP contribution is -2.37. The molecule has 6 heteroatoms. The van der Waals surface area contributed by atoms with Crippen LogP contribution in [0.3, 0.4) is 0 Å². The van der Waals surface area contributed by atoms with Gasteiger partial charge in [0.1, 0.15) is 17.4 Å². The number of benzene rings is 2. The highest BCUT2D eigenvalue weighted by Gasteiger charge is 2.44. The van der Waals surface area contributed by atoms with Crippen molar-refractivity contribution >= 4 is 17.5 Å². The predicted molar refractivity (Wildman–Crippen MR) is 126 cm³/mol. The van der Waals surface area contributed by atoms with E-state index in [1.165, 1.54) is 7.11 Å². The van der Waals surface area contributed by atoms with Crippen LogP contribution >= 0.6 is 0 Å². The van der Waals surface area contributed by atoms with Crippen molar-refractivity contribution in [1.82, 2.24) is 0 Å². The molecule has 0 amide bonds. The molecule has 172 valence electrons.